The third-order valence-corrected chi connectivity index (χ3v) is 3.17. The summed E-state index contributed by atoms with van der Waals surface area (Å²) in [5.41, 5.74) is 5.44. The molecule has 5 heteroatoms. The van der Waals surface area contributed by atoms with Crippen molar-refractivity contribution in [2.45, 2.75) is 26.1 Å². The molecule has 1 atom stereocenters. The number of fused-ring (bicyclic) bond motifs is 1. The van der Waals surface area contributed by atoms with Crippen LogP contribution in [0.3, 0.4) is 0 Å². The van der Waals surface area contributed by atoms with Crippen molar-refractivity contribution in [1.29, 1.82) is 0 Å². The molecule has 0 aliphatic carbocycles. The van der Waals surface area contributed by atoms with E-state index in [1.165, 1.54) is 0 Å². The molecule has 0 fully saturated rings. The second-order valence-electron chi connectivity index (χ2n) is 5.42. The Labute approximate surface area is 121 Å². The molecule has 21 heavy (non-hydrogen) atoms. The van der Waals surface area contributed by atoms with Gasteiger partial charge in [0.05, 0.1) is 6.61 Å². The normalized spacial score (nSPS) is 13.7. The molecule has 2 nitrogen and oxygen atoms in total. The number of hydrogen-bond donors (Lipinski definition) is 1. The molecule has 0 radical (unpaired) electrons. The van der Waals surface area contributed by atoms with Gasteiger partial charge in [-0.2, -0.15) is 13.2 Å². The fourth-order valence-electron chi connectivity index (χ4n) is 2.14. The Kier molecular flexibility index (Phi) is 4.42. The van der Waals surface area contributed by atoms with Crippen LogP contribution >= 0.6 is 0 Å². The van der Waals surface area contributed by atoms with E-state index in [2.05, 4.69) is 0 Å². The van der Waals surface area contributed by atoms with Gasteiger partial charge < -0.3 is 10.5 Å². The second kappa shape index (κ2) is 5.93. The zero-order valence-electron chi connectivity index (χ0n) is 11.9. The second-order valence-corrected chi connectivity index (χ2v) is 5.42. The van der Waals surface area contributed by atoms with Crippen LogP contribution in [0.4, 0.5) is 13.2 Å². The predicted molar refractivity (Wildman–Crippen MR) is 77.3 cm³/mol. The van der Waals surface area contributed by atoms with Crippen LogP contribution in [-0.4, -0.2) is 12.8 Å². The fourth-order valence-corrected chi connectivity index (χ4v) is 2.14. The van der Waals surface area contributed by atoms with E-state index in [9.17, 15) is 13.2 Å². The van der Waals surface area contributed by atoms with E-state index in [4.69, 9.17) is 10.5 Å². The van der Waals surface area contributed by atoms with Crippen LogP contribution in [0.2, 0.25) is 0 Å². The predicted octanol–water partition coefficient (Wildman–Crippen LogP) is 4.44. The molecule has 2 aromatic rings. The van der Waals surface area contributed by atoms with E-state index in [0.717, 1.165) is 0 Å². The summed E-state index contributed by atoms with van der Waals surface area (Å²) in [5.74, 6) is 0.415. The quantitative estimate of drug-likeness (QED) is 0.905. The third kappa shape index (κ3) is 3.47. The minimum atomic E-state index is -4.51. The van der Waals surface area contributed by atoms with Crippen LogP contribution in [0.25, 0.3) is 10.8 Å². The number of benzene rings is 2. The van der Waals surface area contributed by atoms with Gasteiger partial charge in [-0.1, -0.05) is 44.2 Å². The molecule has 0 bridgehead atoms. The maximum atomic E-state index is 13.1. The van der Waals surface area contributed by atoms with Crippen LogP contribution < -0.4 is 10.5 Å². The lowest BCUT2D eigenvalue weighted by molar-refractivity contribution is -0.149. The van der Waals surface area contributed by atoms with E-state index in [0.29, 0.717) is 17.4 Å². The van der Waals surface area contributed by atoms with Gasteiger partial charge in [0.2, 0.25) is 0 Å². The van der Waals surface area contributed by atoms with Crippen molar-refractivity contribution in [2.24, 2.45) is 11.7 Å². The minimum Gasteiger partial charge on any atom is -0.493 e. The lowest BCUT2D eigenvalue weighted by Crippen LogP contribution is -2.29. The van der Waals surface area contributed by atoms with Crippen molar-refractivity contribution < 1.29 is 17.9 Å². The highest BCUT2D eigenvalue weighted by Crippen LogP contribution is 2.39. The Morgan fingerprint density at radius 1 is 1.10 bits per heavy atom. The molecule has 2 rings (SSSR count). The number of halogens is 3. The summed E-state index contributed by atoms with van der Waals surface area (Å²) in [7, 11) is 0. The highest BCUT2D eigenvalue weighted by Gasteiger charge is 2.40. The van der Waals surface area contributed by atoms with Gasteiger partial charge in [0.15, 0.2) is 0 Å². The Bertz CT molecular complexity index is 622. The number of hydrogen-bond acceptors (Lipinski definition) is 2. The summed E-state index contributed by atoms with van der Waals surface area (Å²) >= 11 is 0. The highest BCUT2D eigenvalue weighted by molar-refractivity contribution is 5.88. The standard InChI is InChI=1S/C16H18F3NO/c1-10(2)9-21-13-8-7-11-5-3-4-6-12(11)14(13)15(20)16(17,18)19/h3-8,10,15H,9,20H2,1-2H3/t15-/m0/s1. The number of ether oxygens (including phenoxy) is 1. The minimum absolute atomic E-state index is 0.00116. The molecule has 0 amide bonds. The van der Waals surface area contributed by atoms with Crippen molar-refractivity contribution in [2.75, 3.05) is 6.61 Å². The first-order chi connectivity index (χ1) is 9.80. The molecule has 114 valence electrons. The molecule has 0 aromatic heterocycles. The van der Waals surface area contributed by atoms with Crippen molar-refractivity contribution in [3.8, 4) is 5.75 Å². The Hall–Kier alpha value is -1.75. The van der Waals surface area contributed by atoms with E-state index < -0.39 is 12.2 Å². The Balaban J connectivity index is 2.57. The number of nitrogens with two attached hydrogens (primary N) is 1. The maximum absolute atomic E-state index is 13.1. The van der Waals surface area contributed by atoms with Crippen LogP contribution in [0.5, 0.6) is 5.75 Å². The molecular formula is C16H18F3NO. The molecule has 2 aromatic carbocycles. The molecule has 0 aliphatic rings. The van der Waals surface area contributed by atoms with Crippen LogP contribution in [-0.2, 0) is 0 Å². The molecule has 0 heterocycles. The summed E-state index contributed by atoms with van der Waals surface area (Å²) in [6.07, 6.45) is -4.51. The molecule has 0 spiro atoms. The zero-order chi connectivity index (χ0) is 15.6. The van der Waals surface area contributed by atoms with E-state index in [-0.39, 0.29) is 17.2 Å². The van der Waals surface area contributed by atoms with Gasteiger partial charge in [0.1, 0.15) is 11.8 Å². The van der Waals surface area contributed by atoms with Crippen molar-refractivity contribution in [1.82, 2.24) is 0 Å². The number of alkyl halides is 3. The maximum Gasteiger partial charge on any atom is 0.407 e. The smallest absolute Gasteiger partial charge is 0.407 e. The lowest BCUT2D eigenvalue weighted by atomic mass is 9.97. The van der Waals surface area contributed by atoms with E-state index >= 15 is 0 Å². The van der Waals surface area contributed by atoms with Gasteiger partial charge >= 0.3 is 6.18 Å². The Morgan fingerprint density at radius 2 is 1.76 bits per heavy atom. The molecule has 0 unspecified atom stereocenters. The van der Waals surface area contributed by atoms with Gasteiger partial charge in [0, 0.05) is 5.56 Å². The molecule has 0 saturated heterocycles. The van der Waals surface area contributed by atoms with Gasteiger partial charge in [-0.3, -0.25) is 0 Å². The third-order valence-electron chi connectivity index (χ3n) is 3.17. The summed E-state index contributed by atoms with van der Waals surface area (Å²) in [4.78, 5) is 0. The Morgan fingerprint density at radius 3 is 2.38 bits per heavy atom. The first-order valence-electron chi connectivity index (χ1n) is 6.77. The molecule has 2 N–H and O–H groups in total. The van der Waals surface area contributed by atoms with Crippen molar-refractivity contribution >= 4 is 10.8 Å². The van der Waals surface area contributed by atoms with Crippen LogP contribution in [0.15, 0.2) is 36.4 Å². The lowest BCUT2D eigenvalue weighted by Gasteiger charge is -2.22. The van der Waals surface area contributed by atoms with E-state index in [1.807, 2.05) is 13.8 Å². The first kappa shape index (κ1) is 15.6. The SMILES string of the molecule is CC(C)COc1ccc2ccccc2c1[C@H](N)C(F)(F)F. The largest absolute Gasteiger partial charge is 0.493 e. The monoisotopic (exact) mass is 297 g/mol. The molecular weight excluding hydrogens is 279 g/mol. The van der Waals surface area contributed by atoms with Crippen LogP contribution in [0.1, 0.15) is 25.5 Å². The summed E-state index contributed by atoms with van der Waals surface area (Å²) in [6, 6.07) is 8.11. The van der Waals surface area contributed by atoms with Gasteiger partial charge in [-0.15, -0.1) is 0 Å². The first-order valence-corrected chi connectivity index (χ1v) is 6.77. The topological polar surface area (TPSA) is 35.2 Å². The number of rotatable bonds is 4. The molecule has 0 saturated carbocycles. The van der Waals surface area contributed by atoms with Crippen LogP contribution in [0, 0.1) is 5.92 Å². The van der Waals surface area contributed by atoms with Crippen molar-refractivity contribution in [3.63, 3.8) is 0 Å². The van der Waals surface area contributed by atoms with Gasteiger partial charge in [-0.05, 0) is 22.8 Å². The zero-order valence-corrected chi connectivity index (χ0v) is 11.9. The summed E-state index contributed by atoms with van der Waals surface area (Å²) in [6.45, 7) is 4.21. The summed E-state index contributed by atoms with van der Waals surface area (Å²) < 4.78 is 44.7. The van der Waals surface area contributed by atoms with Gasteiger partial charge in [-0.25, -0.2) is 0 Å². The van der Waals surface area contributed by atoms with Gasteiger partial charge in [0.25, 0.3) is 0 Å². The fraction of sp³-hybridized carbons (Fsp3) is 0.375. The van der Waals surface area contributed by atoms with E-state index in [1.54, 1.807) is 36.4 Å². The van der Waals surface area contributed by atoms with Crippen molar-refractivity contribution in [3.05, 3.63) is 42.0 Å². The highest BCUT2D eigenvalue weighted by atomic mass is 19.4. The average Bonchev–Trinajstić information content (AvgIpc) is 2.42. The average molecular weight is 297 g/mol. The summed E-state index contributed by atoms with van der Waals surface area (Å²) in [5, 5.41) is 1.19. The molecule has 0 aliphatic heterocycles.